The van der Waals surface area contributed by atoms with E-state index in [0.717, 1.165) is 12.8 Å². The van der Waals surface area contributed by atoms with Crippen LogP contribution in [-0.2, 0) is 0 Å². The van der Waals surface area contributed by atoms with Gasteiger partial charge in [-0.1, -0.05) is 0 Å². The Balaban J connectivity index is 1.90. The molecule has 2 saturated carbocycles. The van der Waals surface area contributed by atoms with E-state index in [1.165, 1.54) is 18.6 Å². The molecule has 4 heteroatoms. The van der Waals surface area contributed by atoms with Crippen molar-refractivity contribution in [2.75, 3.05) is 0 Å². The van der Waals surface area contributed by atoms with E-state index in [4.69, 9.17) is 0 Å². The topological polar surface area (TPSA) is 20.2 Å². The third-order valence-corrected chi connectivity index (χ3v) is 4.71. The summed E-state index contributed by atoms with van der Waals surface area (Å²) in [6.07, 6.45) is 2.02. The highest BCUT2D eigenvalue weighted by Crippen LogP contribution is 2.57. The van der Waals surface area contributed by atoms with Crippen molar-refractivity contribution in [3.63, 3.8) is 0 Å². The number of aliphatic hydroxyl groups is 1. The molecular weight excluding hydrogens is 290 g/mol. The van der Waals surface area contributed by atoms with Gasteiger partial charge in [-0.2, -0.15) is 0 Å². The zero-order valence-corrected chi connectivity index (χ0v) is 10.8. The summed E-state index contributed by atoms with van der Waals surface area (Å²) in [5.41, 5.74) is -0.175. The zero-order valence-electron chi connectivity index (χ0n) is 9.17. The molecular formula is C13H13BrF2O. The van der Waals surface area contributed by atoms with Gasteiger partial charge < -0.3 is 5.11 Å². The van der Waals surface area contributed by atoms with Crippen LogP contribution < -0.4 is 0 Å². The minimum Gasteiger partial charge on any atom is -0.388 e. The van der Waals surface area contributed by atoms with Gasteiger partial charge in [0.15, 0.2) is 0 Å². The van der Waals surface area contributed by atoms with Crippen LogP contribution in [-0.4, -0.2) is 5.11 Å². The lowest BCUT2D eigenvalue weighted by molar-refractivity contribution is 0.0966. The van der Waals surface area contributed by atoms with Gasteiger partial charge in [0.05, 0.1) is 16.1 Å². The van der Waals surface area contributed by atoms with Gasteiger partial charge in [-0.15, -0.1) is 0 Å². The Morgan fingerprint density at radius 1 is 1.18 bits per heavy atom. The predicted molar refractivity (Wildman–Crippen MR) is 63.3 cm³/mol. The number of halogens is 3. The van der Waals surface area contributed by atoms with Crippen LogP contribution >= 0.6 is 15.9 Å². The fourth-order valence-corrected chi connectivity index (χ4v) is 3.41. The van der Waals surface area contributed by atoms with Crippen LogP contribution in [0.2, 0.25) is 0 Å². The quantitative estimate of drug-likeness (QED) is 0.824. The average Bonchev–Trinajstić information content (AvgIpc) is 2.91. The molecule has 0 saturated heterocycles. The molecule has 0 spiro atoms. The molecule has 17 heavy (non-hydrogen) atoms. The van der Waals surface area contributed by atoms with Gasteiger partial charge in [-0.3, -0.25) is 0 Å². The monoisotopic (exact) mass is 302 g/mol. The molecule has 0 amide bonds. The van der Waals surface area contributed by atoms with Gasteiger partial charge in [0.2, 0.25) is 0 Å². The molecule has 3 unspecified atom stereocenters. The van der Waals surface area contributed by atoms with Crippen LogP contribution in [0.4, 0.5) is 8.78 Å². The Kier molecular flexibility index (Phi) is 2.75. The van der Waals surface area contributed by atoms with E-state index < -0.39 is 17.7 Å². The normalized spacial score (nSPS) is 32.4. The summed E-state index contributed by atoms with van der Waals surface area (Å²) < 4.78 is 27.7. The van der Waals surface area contributed by atoms with Gasteiger partial charge in [0.1, 0.15) is 11.6 Å². The van der Waals surface area contributed by atoms with E-state index in [2.05, 4.69) is 15.9 Å². The van der Waals surface area contributed by atoms with Crippen molar-refractivity contribution in [1.82, 2.24) is 0 Å². The van der Waals surface area contributed by atoms with Crippen molar-refractivity contribution in [2.45, 2.75) is 25.4 Å². The van der Waals surface area contributed by atoms with E-state index in [1.54, 1.807) is 0 Å². The largest absolute Gasteiger partial charge is 0.388 e. The SMILES string of the molecule is OC(c1c(F)ccc(Br)c1F)C1CC2CC2C1. The first-order valence-corrected chi connectivity index (χ1v) is 6.68. The highest BCUT2D eigenvalue weighted by atomic mass is 79.9. The van der Waals surface area contributed by atoms with Crippen molar-refractivity contribution in [2.24, 2.45) is 17.8 Å². The van der Waals surface area contributed by atoms with E-state index in [9.17, 15) is 13.9 Å². The number of hydrogen-bond donors (Lipinski definition) is 1. The second kappa shape index (κ2) is 4.02. The van der Waals surface area contributed by atoms with Gasteiger partial charge in [0.25, 0.3) is 0 Å². The highest BCUT2D eigenvalue weighted by Gasteiger charge is 2.48. The maximum absolute atomic E-state index is 13.8. The fourth-order valence-electron chi connectivity index (χ4n) is 3.07. The first-order valence-electron chi connectivity index (χ1n) is 5.89. The Hall–Kier alpha value is -0.480. The van der Waals surface area contributed by atoms with Crippen LogP contribution in [0.1, 0.15) is 30.9 Å². The number of fused-ring (bicyclic) bond motifs is 1. The summed E-state index contributed by atoms with van der Waals surface area (Å²) in [6.45, 7) is 0. The molecule has 1 nitrogen and oxygen atoms in total. The average molecular weight is 303 g/mol. The Bertz CT molecular complexity index is 453. The molecule has 3 rings (SSSR count). The molecule has 2 aliphatic rings. The number of rotatable bonds is 2. The third kappa shape index (κ3) is 1.91. The molecule has 0 heterocycles. The molecule has 92 valence electrons. The van der Waals surface area contributed by atoms with Crippen LogP contribution in [0.3, 0.4) is 0 Å². The van der Waals surface area contributed by atoms with Crippen molar-refractivity contribution in [3.8, 4) is 0 Å². The van der Waals surface area contributed by atoms with Gasteiger partial charge in [0, 0.05) is 0 Å². The molecule has 0 bridgehead atoms. The van der Waals surface area contributed by atoms with E-state index in [1.807, 2.05) is 0 Å². The van der Waals surface area contributed by atoms with E-state index in [-0.39, 0.29) is 16.0 Å². The summed E-state index contributed by atoms with van der Waals surface area (Å²) in [5.74, 6) is 0.0646. The van der Waals surface area contributed by atoms with Crippen molar-refractivity contribution >= 4 is 15.9 Å². The molecule has 1 aromatic carbocycles. The first kappa shape index (κ1) is 11.6. The second-order valence-corrected chi connectivity index (χ2v) is 6.04. The summed E-state index contributed by atoms with van der Waals surface area (Å²) in [7, 11) is 0. The molecule has 3 atom stereocenters. The van der Waals surface area contributed by atoms with Gasteiger partial charge in [-0.05, 0) is 65.1 Å². The highest BCUT2D eigenvalue weighted by molar-refractivity contribution is 9.10. The molecule has 1 aromatic rings. The molecule has 2 fully saturated rings. The van der Waals surface area contributed by atoms with Crippen LogP contribution in [0.25, 0.3) is 0 Å². The number of aliphatic hydroxyl groups excluding tert-OH is 1. The molecule has 0 aliphatic heterocycles. The van der Waals surface area contributed by atoms with Crippen LogP contribution in [0.5, 0.6) is 0 Å². The minimum atomic E-state index is -1.01. The van der Waals surface area contributed by atoms with Crippen molar-refractivity contribution in [3.05, 3.63) is 33.8 Å². The van der Waals surface area contributed by atoms with E-state index >= 15 is 0 Å². The van der Waals surface area contributed by atoms with Crippen LogP contribution in [0.15, 0.2) is 16.6 Å². The van der Waals surface area contributed by atoms with E-state index in [0.29, 0.717) is 11.8 Å². The number of benzene rings is 1. The third-order valence-electron chi connectivity index (χ3n) is 4.10. The van der Waals surface area contributed by atoms with Gasteiger partial charge >= 0.3 is 0 Å². The molecule has 2 aliphatic carbocycles. The lowest BCUT2D eigenvalue weighted by Gasteiger charge is -2.21. The fraction of sp³-hybridized carbons (Fsp3) is 0.538. The Morgan fingerprint density at radius 2 is 1.82 bits per heavy atom. The lowest BCUT2D eigenvalue weighted by Crippen LogP contribution is -2.14. The Morgan fingerprint density at radius 3 is 2.47 bits per heavy atom. The zero-order chi connectivity index (χ0) is 12.2. The molecule has 0 aromatic heterocycles. The first-order chi connectivity index (χ1) is 8.08. The maximum atomic E-state index is 13.8. The van der Waals surface area contributed by atoms with Crippen molar-refractivity contribution < 1.29 is 13.9 Å². The summed E-state index contributed by atoms with van der Waals surface area (Å²) in [4.78, 5) is 0. The lowest BCUT2D eigenvalue weighted by atomic mass is 9.91. The number of hydrogen-bond acceptors (Lipinski definition) is 1. The summed E-state index contributed by atoms with van der Waals surface area (Å²) >= 11 is 3.02. The Labute approximate surface area is 107 Å². The molecule has 1 N–H and O–H groups in total. The summed E-state index contributed by atoms with van der Waals surface area (Å²) in [6, 6.07) is 2.52. The smallest absolute Gasteiger partial charge is 0.146 e. The second-order valence-electron chi connectivity index (χ2n) is 5.19. The van der Waals surface area contributed by atoms with Crippen molar-refractivity contribution in [1.29, 1.82) is 0 Å². The van der Waals surface area contributed by atoms with Gasteiger partial charge in [-0.25, -0.2) is 8.78 Å². The molecule has 0 radical (unpaired) electrons. The minimum absolute atomic E-state index is 0.0112. The standard InChI is InChI=1S/C13H13BrF2O/c14-9-1-2-10(15)11(12(9)16)13(17)8-4-6-3-7(6)5-8/h1-2,6-8,13,17H,3-5H2. The predicted octanol–water partition coefficient (Wildman–Crippen LogP) is 3.81. The van der Waals surface area contributed by atoms with Crippen LogP contribution in [0, 0.1) is 29.4 Å². The summed E-state index contributed by atoms with van der Waals surface area (Å²) in [5, 5.41) is 10.1. The maximum Gasteiger partial charge on any atom is 0.146 e.